The van der Waals surface area contributed by atoms with Gasteiger partial charge in [-0.2, -0.15) is 5.10 Å². The zero-order valence-electron chi connectivity index (χ0n) is 15.6. The van der Waals surface area contributed by atoms with E-state index in [1.807, 2.05) is 0 Å². The minimum absolute atomic E-state index is 0.0763. The molecule has 144 valence electrons. The van der Waals surface area contributed by atoms with Crippen LogP contribution in [0.1, 0.15) is 0 Å². The molecule has 3 rings (SSSR count). The number of benzene rings is 2. The van der Waals surface area contributed by atoms with Gasteiger partial charge in [0.25, 0.3) is 0 Å². The number of likely N-dealkylation sites (N-methyl/N-ethyl adjacent to an activating group) is 1. The van der Waals surface area contributed by atoms with Crippen molar-refractivity contribution in [3.63, 3.8) is 0 Å². The van der Waals surface area contributed by atoms with Crippen LogP contribution in [-0.2, 0) is 16.1 Å². The summed E-state index contributed by atoms with van der Waals surface area (Å²) in [6.07, 6.45) is 1.19. The van der Waals surface area contributed by atoms with Crippen molar-refractivity contribution in [2.24, 2.45) is 0 Å². The van der Waals surface area contributed by atoms with Crippen molar-refractivity contribution in [1.29, 1.82) is 0 Å². The van der Waals surface area contributed by atoms with Gasteiger partial charge in [0.2, 0.25) is 17.2 Å². The number of fused-ring (bicyclic) bond motifs is 1. The molecule has 0 radical (unpaired) electrons. The van der Waals surface area contributed by atoms with Gasteiger partial charge < -0.3 is 15.0 Å². The van der Waals surface area contributed by atoms with Crippen molar-refractivity contribution in [3.8, 4) is 5.75 Å². The van der Waals surface area contributed by atoms with Crippen molar-refractivity contribution in [2.75, 3.05) is 26.0 Å². The lowest BCUT2D eigenvalue weighted by molar-refractivity contribution is -0.133. The second-order valence-corrected chi connectivity index (χ2v) is 6.21. The summed E-state index contributed by atoms with van der Waals surface area (Å²) in [5, 5.41) is 7.26. The number of rotatable bonds is 6. The van der Waals surface area contributed by atoms with Crippen LogP contribution in [0.5, 0.6) is 5.75 Å². The smallest absolute Gasteiger partial charge is 0.244 e. The van der Waals surface area contributed by atoms with Crippen LogP contribution < -0.4 is 15.5 Å². The number of anilines is 1. The minimum atomic E-state index is -0.321. The van der Waals surface area contributed by atoms with E-state index in [1.54, 1.807) is 62.7 Å². The van der Waals surface area contributed by atoms with Crippen molar-refractivity contribution >= 4 is 28.4 Å². The zero-order valence-corrected chi connectivity index (χ0v) is 15.6. The Balaban J connectivity index is 1.64. The molecule has 0 spiro atoms. The zero-order chi connectivity index (χ0) is 20.1. The fourth-order valence-corrected chi connectivity index (χ4v) is 2.71. The number of ether oxygens (including phenoxy) is 1. The fraction of sp³-hybridized carbons (Fsp3) is 0.200. The van der Waals surface area contributed by atoms with Crippen LogP contribution in [0.2, 0.25) is 0 Å². The van der Waals surface area contributed by atoms with E-state index in [2.05, 4.69) is 10.4 Å². The first-order valence-electron chi connectivity index (χ1n) is 8.60. The number of para-hydroxylation sites is 1. The lowest BCUT2D eigenvalue weighted by atomic mass is 10.2. The SMILES string of the molecule is COc1ccc(NC(=O)CN(C)C(=O)Cn2ncc(=O)c3ccccc32)cc1. The van der Waals surface area contributed by atoms with Gasteiger partial charge in [-0.3, -0.25) is 19.1 Å². The summed E-state index contributed by atoms with van der Waals surface area (Å²) in [6.45, 7) is -0.184. The quantitative estimate of drug-likeness (QED) is 0.700. The molecule has 0 aliphatic heterocycles. The van der Waals surface area contributed by atoms with Gasteiger partial charge in [0.05, 0.1) is 25.4 Å². The van der Waals surface area contributed by atoms with E-state index in [9.17, 15) is 14.4 Å². The maximum Gasteiger partial charge on any atom is 0.244 e. The topological polar surface area (TPSA) is 93.5 Å². The lowest BCUT2D eigenvalue weighted by Crippen LogP contribution is -2.37. The number of hydrogen-bond acceptors (Lipinski definition) is 5. The van der Waals surface area contributed by atoms with E-state index in [-0.39, 0.29) is 30.3 Å². The van der Waals surface area contributed by atoms with Gasteiger partial charge in [-0.05, 0) is 36.4 Å². The molecule has 0 bridgehead atoms. The van der Waals surface area contributed by atoms with Gasteiger partial charge in [-0.15, -0.1) is 0 Å². The molecule has 28 heavy (non-hydrogen) atoms. The molecule has 0 fully saturated rings. The van der Waals surface area contributed by atoms with Crippen LogP contribution in [0.15, 0.2) is 59.5 Å². The maximum atomic E-state index is 12.5. The Morgan fingerprint density at radius 2 is 1.86 bits per heavy atom. The van der Waals surface area contributed by atoms with E-state index in [0.29, 0.717) is 22.3 Å². The Bertz CT molecular complexity index is 1060. The Kier molecular flexibility index (Phi) is 5.69. The second-order valence-electron chi connectivity index (χ2n) is 6.21. The first-order valence-corrected chi connectivity index (χ1v) is 8.60. The van der Waals surface area contributed by atoms with E-state index in [4.69, 9.17) is 4.74 Å². The highest BCUT2D eigenvalue weighted by molar-refractivity contribution is 5.94. The molecule has 2 aromatic carbocycles. The summed E-state index contributed by atoms with van der Waals surface area (Å²) in [7, 11) is 3.11. The summed E-state index contributed by atoms with van der Waals surface area (Å²) in [5.74, 6) is 0.0658. The van der Waals surface area contributed by atoms with Crippen LogP contribution in [-0.4, -0.2) is 47.2 Å². The molecule has 1 N–H and O–H groups in total. The Morgan fingerprint density at radius 3 is 2.57 bits per heavy atom. The molecule has 1 heterocycles. The second kappa shape index (κ2) is 8.34. The third-order valence-electron chi connectivity index (χ3n) is 4.23. The summed E-state index contributed by atoms with van der Waals surface area (Å²) in [5.41, 5.74) is 0.977. The molecule has 0 atom stereocenters. The number of hydrogen-bond donors (Lipinski definition) is 1. The third kappa shape index (κ3) is 4.35. The van der Waals surface area contributed by atoms with Crippen LogP contribution >= 0.6 is 0 Å². The molecule has 0 aliphatic rings. The summed E-state index contributed by atoms with van der Waals surface area (Å²) in [6, 6.07) is 13.8. The predicted octanol–water partition coefficient (Wildman–Crippen LogP) is 1.50. The van der Waals surface area contributed by atoms with Crippen LogP contribution in [0.25, 0.3) is 10.9 Å². The first-order chi connectivity index (χ1) is 13.5. The lowest BCUT2D eigenvalue weighted by Gasteiger charge is -2.18. The standard InChI is InChI=1S/C20H20N4O4/c1-23(12-19(26)22-14-7-9-15(28-2)10-8-14)20(27)13-24-17-6-4-3-5-16(17)18(25)11-21-24/h3-11H,12-13H2,1-2H3,(H,22,26). The molecule has 8 nitrogen and oxygen atoms in total. The van der Waals surface area contributed by atoms with Gasteiger partial charge in [-0.25, -0.2) is 0 Å². The maximum absolute atomic E-state index is 12.5. The van der Waals surface area contributed by atoms with Gasteiger partial charge in [-0.1, -0.05) is 12.1 Å². The van der Waals surface area contributed by atoms with Crippen molar-refractivity contribution < 1.29 is 14.3 Å². The molecule has 8 heteroatoms. The molecule has 2 amide bonds. The number of aromatic nitrogens is 2. The summed E-state index contributed by atoms with van der Waals surface area (Å²) in [4.78, 5) is 37.9. The first kappa shape index (κ1) is 19.1. The summed E-state index contributed by atoms with van der Waals surface area (Å²) < 4.78 is 6.53. The number of methoxy groups -OCH3 is 1. The molecule has 0 saturated heterocycles. The number of carbonyl (C=O) groups is 2. The highest BCUT2D eigenvalue weighted by Gasteiger charge is 2.15. The van der Waals surface area contributed by atoms with Gasteiger partial charge in [0.15, 0.2) is 0 Å². The van der Waals surface area contributed by atoms with Crippen LogP contribution in [0.4, 0.5) is 5.69 Å². The Morgan fingerprint density at radius 1 is 1.14 bits per heavy atom. The average molecular weight is 380 g/mol. The molecule has 0 aliphatic carbocycles. The number of carbonyl (C=O) groups excluding carboxylic acids is 2. The normalized spacial score (nSPS) is 10.5. The molecule has 3 aromatic rings. The third-order valence-corrected chi connectivity index (χ3v) is 4.23. The Labute approximate surface area is 161 Å². The number of nitrogens with zero attached hydrogens (tertiary/aromatic N) is 3. The molecule has 1 aromatic heterocycles. The number of nitrogens with one attached hydrogen (secondary N) is 1. The van der Waals surface area contributed by atoms with E-state index < -0.39 is 0 Å². The van der Waals surface area contributed by atoms with Gasteiger partial charge in [0, 0.05) is 18.1 Å². The highest BCUT2D eigenvalue weighted by Crippen LogP contribution is 2.15. The fourth-order valence-electron chi connectivity index (χ4n) is 2.71. The van der Waals surface area contributed by atoms with E-state index in [0.717, 1.165) is 0 Å². The van der Waals surface area contributed by atoms with Crippen LogP contribution in [0, 0.1) is 0 Å². The van der Waals surface area contributed by atoms with E-state index in [1.165, 1.54) is 15.8 Å². The summed E-state index contributed by atoms with van der Waals surface area (Å²) >= 11 is 0. The van der Waals surface area contributed by atoms with Gasteiger partial charge >= 0.3 is 0 Å². The molecular formula is C20H20N4O4. The van der Waals surface area contributed by atoms with Crippen molar-refractivity contribution in [1.82, 2.24) is 14.7 Å². The minimum Gasteiger partial charge on any atom is -0.497 e. The van der Waals surface area contributed by atoms with Crippen LogP contribution in [0.3, 0.4) is 0 Å². The molecular weight excluding hydrogens is 360 g/mol. The van der Waals surface area contributed by atoms with Gasteiger partial charge in [0.1, 0.15) is 12.3 Å². The monoisotopic (exact) mass is 380 g/mol. The van der Waals surface area contributed by atoms with Crippen molar-refractivity contribution in [3.05, 3.63) is 65.0 Å². The highest BCUT2D eigenvalue weighted by atomic mass is 16.5. The van der Waals surface area contributed by atoms with Crippen molar-refractivity contribution in [2.45, 2.75) is 6.54 Å². The predicted molar refractivity (Wildman–Crippen MR) is 105 cm³/mol. The Hall–Kier alpha value is -3.68. The number of amides is 2. The van der Waals surface area contributed by atoms with E-state index >= 15 is 0 Å². The largest absolute Gasteiger partial charge is 0.497 e. The molecule has 0 saturated carbocycles. The molecule has 0 unspecified atom stereocenters. The average Bonchev–Trinajstić information content (AvgIpc) is 2.70.